The maximum atomic E-state index is 13.0. The van der Waals surface area contributed by atoms with Gasteiger partial charge in [0.2, 0.25) is 15.9 Å². The molecule has 2 amide bonds. The lowest BCUT2D eigenvalue weighted by Gasteiger charge is -2.35. The molecule has 1 fully saturated rings. The van der Waals surface area contributed by atoms with Crippen molar-refractivity contribution in [3.05, 3.63) is 17.2 Å². The first-order valence-electron chi connectivity index (χ1n) is 9.45. The van der Waals surface area contributed by atoms with Crippen molar-refractivity contribution in [1.82, 2.24) is 14.1 Å². The summed E-state index contributed by atoms with van der Waals surface area (Å²) in [5.41, 5.74) is 0.314. The third kappa shape index (κ3) is 4.82. The molecule has 2 heterocycles. The van der Waals surface area contributed by atoms with Crippen LogP contribution in [0.1, 0.15) is 13.3 Å². The number of rotatable bonds is 6. The topological polar surface area (TPSA) is 99.3 Å². The van der Waals surface area contributed by atoms with Gasteiger partial charge in [-0.25, -0.2) is 8.42 Å². The minimum atomic E-state index is -4.02. The van der Waals surface area contributed by atoms with E-state index in [-0.39, 0.29) is 40.6 Å². The fraction of sp³-hybridized carbons (Fsp3) is 0.556. The number of hydrogen-bond acceptors (Lipinski definition) is 6. The van der Waals surface area contributed by atoms with Gasteiger partial charge in [0.1, 0.15) is 10.6 Å². The molecule has 1 aromatic carbocycles. The largest absolute Gasteiger partial charge is 0.482 e. The third-order valence-corrected chi connectivity index (χ3v) is 7.25. The molecule has 0 aromatic heterocycles. The van der Waals surface area contributed by atoms with Gasteiger partial charge in [-0.3, -0.25) is 14.5 Å². The summed E-state index contributed by atoms with van der Waals surface area (Å²) < 4.78 is 32.2. The second-order valence-electron chi connectivity index (χ2n) is 7.10. The quantitative estimate of drug-likeness (QED) is 0.698. The number of nitrogens with one attached hydrogen (secondary N) is 1. The van der Waals surface area contributed by atoms with E-state index in [1.54, 1.807) is 4.90 Å². The van der Waals surface area contributed by atoms with Gasteiger partial charge in [0.25, 0.3) is 5.91 Å². The molecule has 0 radical (unpaired) electrons. The van der Waals surface area contributed by atoms with E-state index in [1.165, 1.54) is 19.2 Å². The number of halogens is 1. The van der Waals surface area contributed by atoms with Gasteiger partial charge in [-0.15, -0.1) is 0 Å². The second-order valence-corrected chi connectivity index (χ2v) is 9.52. The Kier molecular flexibility index (Phi) is 6.67. The summed E-state index contributed by atoms with van der Waals surface area (Å²) in [5.74, 6) is -0.366. The number of nitrogens with zero attached hydrogens (tertiary/aromatic N) is 3. The fourth-order valence-corrected chi connectivity index (χ4v) is 4.99. The van der Waals surface area contributed by atoms with E-state index in [4.69, 9.17) is 16.3 Å². The Hall–Kier alpha value is -1.88. The van der Waals surface area contributed by atoms with E-state index < -0.39 is 10.0 Å². The van der Waals surface area contributed by atoms with Gasteiger partial charge in [0.15, 0.2) is 6.61 Å². The van der Waals surface area contributed by atoms with Crippen LogP contribution in [0, 0.1) is 0 Å². The predicted molar refractivity (Wildman–Crippen MR) is 109 cm³/mol. The highest BCUT2D eigenvalue weighted by Crippen LogP contribution is 2.36. The van der Waals surface area contributed by atoms with Crippen LogP contribution in [0.3, 0.4) is 0 Å². The Morgan fingerprint density at radius 2 is 1.97 bits per heavy atom. The number of piperazine rings is 1. The monoisotopic (exact) mass is 444 g/mol. The van der Waals surface area contributed by atoms with E-state index >= 15 is 0 Å². The molecular weight excluding hydrogens is 420 g/mol. The molecule has 0 atom stereocenters. The van der Waals surface area contributed by atoms with Crippen molar-refractivity contribution < 1.29 is 22.7 Å². The van der Waals surface area contributed by atoms with Crippen LogP contribution in [0.4, 0.5) is 5.69 Å². The summed E-state index contributed by atoms with van der Waals surface area (Å²) in [4.78, 5) is 27.8. The molecule has 29 heavy (non-hydrogen) atoms. The molecule has 0 saturated carbocycles. The molecular formula is C18H25ClN4O5S. The van der Waals surface area contributed by atoms with Crippen molar-refractivity contribution in [2.24, 2.45) is 0 Å². The molecule has 2 aliphatic heterocycles. The Morgan fingerprint density at radius 1 is 1.28 bits per heavy atom. The maximum absolute atomic E-state index is 13.0. The Labute approximate surface area is 175 Å². The Balaban J connectivity index is 1.70. The van der Waals surface area contributed by atoms with Crippen LogP contribution >= 0.6 is 11.6 Å². The minimum absolute atomic E-state index is 0.0537. The minimum Gasteiger partial charge on any atom is -0.482 e. The van der Waals surface area contributed by atoms with Crippen molar-refractivity contribution in [1.29, 1.82) is 0 Å². The van der Waals surface area contributed by atoms with Crippen molar-refractivity contribution in [2.75, 3.05) is 58.2 Å². The van der Waals surface area contributed by atoms with Crippen LogP contribution in [0.2, 0.25) is 5.02 Å². The van der Waals surface area contributed by atoms with Crippen LogP contribution in [-0.4, -0.2) is 87.3 Å². The number of carbonyl (C=O) groups is 2. The number of hydrogen-bond donors (Lipinski definition) is 1. The first-order chi connectivity index (χ1) is 13.7. The summed E-state index contributed by atoms with van der Waals surface area (Å²) in [5, 5.41) is 2.52. The van der Waals surface area contributed by atoms with Crippen molar-refractivity contribution in [3.63, 3.8) is 0 Å². The number of fused-ring (bicyclic) bond motifs is 1. The normalized spacial score (nSPS) is 17.7. The molecule has 1 saturated heterocycles. The molecule has 1 aromatic rings. The molecule has 11 heteroatoms. The average molecular weight is 445 g/mol. The van der Waals surface area contributed by atoms with E-state index in [0.717, 1.165) is 30.4 Å². The van der Waals surface area contributed by atoms with Gasteiger partial charge in [0, 0.05) is 39.3 Å². The molecule has 3 rings (SSSR count). The summed E-state index contributed by atoms with van der Waals surface area (Å²) >= 11 is 6.15. The number of anilines is 1. The number of likely N-dealkylation sites (N-methyl/N-ethyl adjacent to an activating group) is 1. The van der Waals surface area contributed by atoms with Crippen molar-refractivity contribution in [2.45, 2.75) is 18.2 Å². The zero-order valence-corrected chi connectivity index (χ0v) is 18.1. The summed E-state index contributed by atoms with van der Waals surface area (Å²) in [7, 11) is -2.67. The third-order valence-electron chi connectivity index (χ3n) is 4.98. The van der Waals surface area contributed by atoms with Crippen LogP contribution in [0.5, 0.6) is 5.75 Å². The molecule has 1 N–H and O–H groups in total. The molecule has 0 aliphatic carbocycles. The number of sulfonamides is 1. The highest BCUT2D eigenvalue weighted by Gasteiger charge is 2.30. The van der Waals surface area contributed by atoms with E-state index in [9.17, 15) is 18.0 Å². The first kappa shape index (κ1) is 21.8. The van der Waals surface area contributed by atoms with Crippen LogP contribution in [-0.2, 0) is 19.6 Å². The first-order valence-corrected chi connectivity index (χ1v) is 11.3. The zero-order chi connectivity index (χ0) is 21.2. The molecule has 2 aliphatic rings. The van der Waals surface area contributed by atoms with Crippen LogP contribution in [0.25, 0.3) is 0 Å². The van der Waals surface area contributed by atoms with E-state index in [2.05, 4.69) is 17.1 Å². The van der Waals surface area contributed by atoms with Gasteiger partial charge in [-0.1, -0.05) is 18.5 Å². The summed E-state index contributed by atoms with van der Waals surface area (Å²) in [6.07, 6.45) is 1.06. The number of ether oxygens (including phenoxy) is 1. The zero-order valence-electron chi connectivity index (χ0n) is 16.5. The number of carbonyl (C=O) groups excluding carboxylic acids is 2. The lowest BCUT2D eigenvalue weighted by Crippen LogP contribution is -2.51. The van der Waals surface area contributed by atoms with Gasteiger partial charge >= 0.3 is 0 Å². The van der Waals surface area contributed by atoms with Gasteiger partial charge < -0.3 is 15.0 Å². The predicted octanol–water partition coefficient (Wildman–Crippen LogP) is 0.846. The van der Waals surface area contributed by atoms with E-state index in [0.29, 0.717) is 18.8 Å². The fourth-order valence-electron chi connectivity index (χ4n) is 3.36. The molecule has 160 valence electrons. The smallest absolute Gasteiger partial charge is 0.262 e. The van der Waals surface area contributed by atoms with E-state index in [1.807, 2.05) is 0 Å². The molecule has 9 nitrogen and oxygen atoms in total. The average Bonchev–Trinajstić information content (AvgIpc) is 2.67. The van der Waals surface area contributed by atoms with Gasteiger partial charge in [0.05, 0.1) is 17.3 Å². The standard InChI is InChI=1S/C18H25ClN4O5S/c1-3-4-22-5-7-23(8-6-22)18(25)11-21(2)29(26,27)16-10-15-14(9-13(16)19)20-17(24)12-28-15/h9-10H,3-8,11-12H2,1-2H3,(H,20,24). The SMILES string of the molecule is CCCN1CCN(C(=O)CN(C)S(=O)(=O)c2cc3c(cc2Cl)NC(=O)CO3)CC1. The van der Waals surface area contributed by atoms with Gasteiger partial charge in [-0.05, 0) is 19.0 Å². The molecule has 0 unspecified atom stereocenters. The summed E-state index contributed by atoms with van der Waals surface area (Å²) in [6.45, 7) is 5.37. The Bertz CT molecular complexity index is 900. The summed E-state index contributed by atoms with van der Waals surface area (Å²) in [6, 6.07) is 2.61. The van der Waals surface area contributed by atoms with Crippen LogP contribution < -0.4 is 10.1 Å². The van der Waals surface area contributed by atoms with Gasteiger partial charge in [-0.2, -0.15) is 4.31 Å². The van der Waals surface area contributed by atoms with Crippen molar-refractivity contribution >= 4 is 39.1 Å². The lowest BCUT2D eigenvalue weighted by atomic mass is 10.2. The molecule has 0 bridgehead atoms. The maximum Gasteiger partial charge on any atom is 0.262 e. The van der Waals surface area contributed by atoms with Crippen LogP contribution in [0.15, 0.2) is 17.0 Å². The highest BCUT2D eigenvalue weighted by molar-refractivity contribution is 7.89. The second kappa shape index (κ2) is 8.86. The number of benzene rings is 1. The lowest BCUT2D eigenvalue weighted by molar-refractivity contribution is -0.133. The van der Waals surface area contributed by atoms with Crippen molar-refractivity contribution in [3.8, 4) is 5.75 Å². The Morgan fingerprint density at radius 3 is 2.62 bits per heavy atom. The number of amides is 2. The highest BCUT2D eigenvalue weighted by atomic mass is 35.5. The molecule has 0 spiro atoms.